The number of primary amides is 1. The van der Waals surface area contributed by atoms with E-state index in [1.54, 1.807) is 31.2 Å². The van der Waals surface area contributed by atoms with Gasteiger partial charge in [-0.05, 0) is 28.4 Å². The van der Waals surface area contributed by atoms with Crippen LogP contribution in [-0.4, -0.2) is 22.0 Å². The first kappa shape index (κ1) is 14.3. The van der Waals surface area contributed by atoms with Crippen LogP contribution in [0.1, 0.15) is 27.8 Å². The van der Waals surface area contributed by atoms with Gasteiger partial charge in [-0.2, -0.15) is 5.10 Å². The molecule has 7 heteroatoms. The topological polar surface area (TPSA) is 101 Å². The average molecular weight is 337 g/mol. The van der Waals surface area contributed by atoms with Crippen molar-refractivity contribution < 1.29 is 9.59 Å². The second-order valence-electron chi connectivity index (χ2n) is 4.23. The minimum atomic E-state index is -0.896. The Morgan fingerprint density at radius 1 is 1.35 bits per heavy atom. The summed E-state index contributed by atoms with van der Waals surface area (Å²) in [5.74, 6) is -1.11. The molecule has 2 amide bonds. The van der Waals surface area contributed by atoms with Crippen molar-refractivity contribution in [3.05, 3.63) is 51.8 Å². The third-order valence-electron chi connectivity index (χ3n) is 2.78. The quantitative estimate of drug-likeness (QED) is 0.787. The molecule has 2 rings (SSSR count). The molecule has 104 valence electrons. The lowest BCUT2D eigenvalue weighted by Gasteiger charge is -2.15. The summed E-state index contributed by atoms with van der Waals surface area (Å²) in [6, 6.07) is 7.91. The number of carbonyl (C=O) groups is 2. The van der Waals surface area contributed by atoms with E-state index in [1.807, 2.05) is 6.07 Å². The molecule has 1 heterocycles. The molecule has 0 saturated heterocycles. The zero-order chi connectivity index (χ0) is 14.7. The van der Waals surface area contributed by atoms with Crippen LogP contribution >= 0.6 is 15.9 Å². The molecule has 6 nitrogen and oxygen atoms in total. The second-order valence-corrected chi connectivity index (χ2v) is 5.02. The van der Waals surface area contributed by atoms with Gasteiger partial charge in [0, 0.05) is 5.69 Å². The highest BCUT2D eigenvalue weighted by molar-refractivity contribution is 9.10. The molecular weight excluding hydrogens is 324 g/mol. The summed E-state index contributed by atoms with van der Waals surface area (Å²) >= 11 is 3.26. The van der Waals surface area contributed by atoms with Crippen LogP contribution in [0.25, 0.3) is 0 Å². The van der Waals surface area contributed by atoms with Crippen LogP contribution in [0.5, 0.6) is 0 Å². The van der Waals surface area contributed by atoms with Crippen molar-refractivity contribution in [3.8, 4) is 0 Å². The van der Waals surface area contributed by atoms with Crippen molar-refractivity contribution >= 4 is 27.7 Å². The first-order chi connectivity index (χ1) is 9.50. The molecule has 0 bridgehead atoms. The van der Waals surface area contributed by atoms with Crippen molar-refractivity contribution in [2.24, 2.45) is 5.73 Å². The van der Waals surface area contributed by atoms with E-state index in [1.165, 1.54) is 0 Å². The van der Waals surface area contributed by atoms with Crippen LogP contribution in [0.15, 0.2) is 34.8 Å². The lowest BCUT2D eigenvalue weighted by Crippen LogP contribution is -2.37. The first-order valence-corrected chi connectivity index (χ1v) is 6.65. The number of hydrogen-bond acceptors (Lipinski definition) is 3. The van der Waals surface area contributed by atoms with Gasteiger partial charge in [0.05, 0.1) is 4.47 Å². The molecule has 0 radical (unpaired) electrons. The van der Waals surface area contributed by atoms with Crippen molar-refractivity contribution in [1.29, 1.82) is 0 Å². The second kappa shape index (κ2) is 5.87. The Labute approximate surface area is 123 Å². The summed E-state index contributed by atoms with van der Waals surface area (Å²) in [7, 11) is 0. The van der Waals surface area contributed by atoms with E-state index >= 15 is 0 Å². The third-order valence-corrected chi connectivity index (χ3v) is 3.75. The summed E-state index contributed by atoms with van der Waals surface area (Å²) in [5.41, 5.74) is 6.88. The number of halogens is 1. The molecule has 0 aliphatic rings. The largest absolute Gasteiger partial charge is 0.368 e. The highest BCUT2D eigenvalue weighted by Gasteiger charge is 2.23. The van der Waals surface area contributed by atoms with E-state index in [-0.39, 0.29) is 5.69 Å². The van der Waals surface area contributed by atoms with Gasteiger partial charge in [0.1, 0.15) is 6.04 Å². The van der Waals surface area contributed by atoms with Crippen molar-refractivity contribution in [1.82, 2.24) is 15.5 Å². The first-order valence-electron chi connectivity index (χ1n) is 5.86. The number of rotatable bonds is 4. The van der Waals surface area contributed by atoms with E-state index in [2.05, 4.69) is 31.4 Å². The Balaban J connectivity index is 2.24. The summed E-state index contributed by atoms with van der Waals surface area (Å²) < 4.78 is 0.561. The molecule has 1 aromatic heterocycles. The minimum Gasteiger partial charge on any atom is -0.368 e. The minimum absolute atomic E-state index is 0.185. The van der Waals surface area contributed by atoms with Gasteiger partial charge < -0.3 is 11.1 Å². The monoisotopic (exact) mass is 336 g/mol. The summed E-state index contributed by atoms with van der Waals surface area (Å²) in [4.78, 5) is 23.7. The molecular formula is C13H13BrN4O2. The van der Waals surface area contributed by atoms with Gasteiger partial charge in [-0.25, -0.2) is 0 Å². The lowest BCUT2D eigenvalue weighted by atomic mass is 10.1. The van der Waals surface area contributed by atoms with Crippen molar-refractivity contribution in [2.75, 3.05) is 0 Å². The van der Waals surface area contributed by atoms with Gasteiger partial charge in [0.15, 0.2) is 5.69 Å². The van der Waals surface area contributed by atoms with Gasteiger partial charge in [-0.3, -0.25) is 14.7 Å². The van der Waals surface area contributed by atoms with Crippen LogP contribution in [0.4, 0.5) is 0 Å². The van der Waals surface area contributed by atoms with Crippen LogP contribution in [0, 0.1) is 6.92 Å². The average Bonchev–Trinajstić information content (AvgIpc) is 2.77. The van der Waals surface area contributed by atoms with Crippen LogP contribution in [-0.2, 0) is 4.79 Å². The smallest absolute Gasteiger partial charge is 0.273 e. The third kappa shape index (κ3) is 2.88. The molecule has 0 aliphatic heterocycles. The predicted octanol–water partition coefficient (Wildman–Crippen LogP) is 1.44. The number of nitrogens with zero attached hydrogens (tertiary/aromatic N) is 1. The van der Waals surface area contributed by atoms with E-state index in [4.69, 9.17) is 5.73 Å². The molecule has 1 atom stereocenters. The summed E-state index contributed by atoms with van der Waals surface area (Å²) in [5, 5.41) is 9.15. The van der Waals surface area contributed by atoms with Gasteiger partial charge in [-0.1, -0.05) is 30.3 Å². The van der Waals surface area contributed by atoms with E-state index in [0.717, 1.165) is 5.69 Å². The molecule has 0 saturated carbocycles. The fraction of sp³-hybridized carbons (Fsp3) is 0.154. The Bertz CT molecular complexity index is 639. The zero-order valence-electron chi connectivity index (χ0n) is 10.7. The number of aromatic amines is 1. The van der Waals surface area contributed by atoms with Gasteiger partial charge in [-0.15, -0.1) is 0 Å². The Morgan fingerprint density at radius 2 is 2.00 bits per heavy atom. The number of amides is 2. The van der Waals surface area contributed by atoms with Crippen LogP contribution < -0.4 is 11.1 Å². The molecule has 4 N–H and O–H groups in total. The molecule has 20 heavy (non-hydrogen) atoms. The number of benzene rings is 1. The normalized spacial score (nSPS) is 11.9. The Morgan fingerprint density at radius 3 is 2.50 bits per heavy atom. The molecule has 0 fully saturated rings. The highest BCUT2D eigenvalue weighted by atomic mass is 79.9. The van der Waals surface area contributed by atoms with Crippen molar-refractivity contribution in [2.45, 2.75) is 13.0 Å². The molecule has 0 spiro atoms. The number of H-pyrrole nitrogens is 1. The van der Waals surface area contributed by atoms with Gasteiger partial charge in [0.25, 0.3) is 5.91 Å². The number of hydrogen-bond donors (Lipinski definition) is 3. The lowest BCUT2D eigenvalue weighted by molar-refractivity contribution is -0.120. The van der Waals surface area contributed by atoms with Gasteiger partial charge >= 0.3 is 0 Å². The number of nitrogens with two attached hydrogens (primary N) is 1. The molecule has 1 aromatic carbocycles. The maximum atomic E-state index is 12.1. The number of aromatic nitrogens is 2. The van der Waals surface area contributed by atoms with Crippen LogP contribution in [0.2, 0.25) is 0 Å². The van der Waals surface area contributed by atoms with Gasteiger partial charge in [0.2, 0.25) is 5.91 Å². The zero-order valence-corrected chi connectivity index (χ0v) is 12.3. The van der Waals surface area contributed by atoms with Crippen molar-refractivity contribution in [3.63, 3.8) is 0 Å². The standard InChI is InChI=1S/C13H13BrN4O2/c1-7-9(14)11(18-17-7)13(20)16-10(12(15)19)8-5-3-2-4-6-8/h2-6,10H,1H3,(H2,15,19)(H,16,20)(H,17,18)/t10-/m1/s1. The van der Waals surface area contributed by atoms with E-state index in [0.29, 0.717) is 10.0 Å². The number of carbonyl (C=O) groups excluding carboxylic acids is 2. The summed E-state index contributed by atoms with van der Waals surface area (Å²) in [6.45, 7) is 1.77. The van der Waals surface area contributed by atoms with E-state index in [9.17, 15) is 9.59 Å². The number of nitrogens with one attached hydrogen (secondary N) is 2. The molecule has 0 unspecified atom stereocenters. The maximum Gasteiger partial charge on any atom is 0.273 e. The fourth-order valence-corrected chi connectivity index (χ4v) is 2.09. The highest BCUT2D eigenvalue weighted by Crippen LogP contribution is 2.19. The number of aryl methyl sites for hydroxylation is 1. The molecule has 2 aromatic rings. The molecule has 0 aliphatic carbocycles. The SMILES string of the molecule is Cc1[nH]nc(C(=O)N[C@@H](C(N)=O)c2ccccc2)c1Br. The van der Waals surface area contributed by atoms with E-state index < -0.39 is 17.9 Å². The Kier molecular flexibility index (Phi) is 4.19. The maximum absolute atomic E-state index is 12.1. The summed E-state index contributed by atoms with van der Waals surface area (Å²) in [6.07, 6.45) is 0. The predicted molar refractivity (Wildman–Crippen MR) is 76.9 cm³/mol. The van der Waals surface area contributed by atoms with Crippen LogP contribution in [0.3, 0.4) is 0 Å². The fourth-order valence-electron chi connectivity index (χ4n) is 1.73. The Hall–Kier alpha value is -2.15.